The van der Waals surface area contributed by atoms with Crippen molar-refractivity contribution < 1.29 is 24.1 Å². The van der Waals surface area contributed by atoms with Gasteiger partial charge in [0.05, 0.1) is 7.11 Å². The third kappa shape index (κ3) is 6.65. The summed E-state index contributed by atoms with van der Waals surface area (Å²) in [5, 5.41) is 12.7. The van der Waals surface area contributed by atoms with Gasteiger partial charge in [0.1, 0.15) is 37.4 Å². The second kappa shape index (κ2) is 13.1. The first kappa shape index (κ1) is 29.1. The number of aryl methyl sites for hydroxylation is 1. The number of piperidine rings is 1. The van der Waals surface area contributed by atoms with Crippen molar-refractivity contribution in [1.82, 2.24) is 9.88 Å². The largest absolute Gasteiger partial charge is 0.497 e. The zero-order valence-electron chi connectivity index (χ0n) is 24.9. The van der Waals surface area contributed by atoms with Gasteiger partial charge in [-0.15, -0.1) is 0 Å². The summed E-state index contributed by atoms with van der Waals surface area (Å²) in [5.41, 5.74) is 4.71. The molecule has 2 aliphatic heterocycles. The molecule has 0 saturated carbocycles. The Bertz CT molecular complexity index is 1650. The minimum atomic E-state index is -0.586. The molecule has 43 heavy (non-hydrogen) atoms. The van der Waals surface area contributed by atoms with Gasteiger partial charge in [0.25, 0.3) is 5.56 Å². The third-order valence-corrected chi connectivity index (χ3v) is 8.55. The van der Waals surface area contributed by atoms with Crippen molar-refractivity contribution in [2.75, 3.05) is 46.6 Å². The molecule has 2 N–H and O–H groups in total. The topological polar surface area (TPSA) is 93.3 Å². The molecule has 1 aliphatic carbocycles. The summed E-state index contributed by atoms with van der Waals surface area (Å²) in [6.45, 7) is 5.65. The molecule has 0 spiro atoms. The van der Waals surface area contributed by atoms with E-state index in [1.165, 1.54) is 11.1 Å². The van der Waals surface area contributed by atoms with E-state index < -0.39 is 6.10 Å². The number of allylic oxidation sites excluding steroid dienone is 1. The third-order valence-electron chi connectivity index (χ3n) is 8.55. The lowest BCUT2D eigenvalue weighted by Crippen LogP contribution is -2.40. The lowest BCUT2D eigenvalue weighted by molar-refractivity contribution is 0.0656. The minimum Gasteiger partial charge on any atom is -0.497 e. The SMILES string of the molecule is CCc1cc2c([nH]c1=O)=CCC(C(=C1CCN(CC(O)COc3ccc(OC)cc3)CC1)c1ccc3c(c1)OCCO3)C=2. The number of rotatable bonds is 9. The molecule has 2 aromatic carbocycles. The Balaban J connectivity index is 1.21. The molecular formula is C35H40N2O6. The first-order valence-electron chi connectivity index (χ1n) is 15.2. The van der Waals surface area contributed by atoms with Gasteiger partial charge in [-0.25, -0.2) is 0 Å². The predicted molar refractivity (Wildman–Crippen MR) is 167 cm³/mol. The van der Waals surface area contributed by atoms with Crippen molar-refractivity contribution in [3.8, 4) is 23.0 Å². The van der Waals surface area contributed by atoms with Gasteiger partial charge in [0.2, 0.25) is 0 Å². The molecule has 0 amide bonds. The maximum Gasteiger partial charge on any atom is 0.251 e. The zero-order valence-corrected chi connectivity index (χ0v) is 24.9. The summed E-state index contributed by atoms with van der Waals surface area (Å²) in [4.78, 5) is 17.8. The Morgan fingerprint density at radius 1 is 1.05 bits per heavy atom. The highest BCUT2D eigenvalue weighted by molar-refractivity contribution is 5.78. The number of aromatic nitrogens is 1. The molecule has 6 rings (SSSR count). The van der Waals surface area contributed by atoms with Gasteiger partial charge in [-0.2, -0.15) is 0 Å². The van der Waals surface area contributed by atoms with E-state index in [0.717, 1.165) is 71.3 Å². The number of aromatic amines is 1. The average Bonchev–Trinajstić information content (AvgIpc) is 3.04. The Labute approximate surface area is 251 Å². The summed E-state index contributed by atoms with van der Waals surface area (Å²) < 4.78 is 22.8. The van der Waals surface area contributed by atoms with Crippen molar-refractivity contribution in [2.24, 2.45) is 5.92 Å². The van der Waals surface area contributed by atoms with Crippen molar-refractivity contribution in [2.45, 2.75) is 38.7 Å². The number of hydrogen-bond acceptors (Lipinski definition) is 7. The lowest BCUT2D eigenvalue weighted by Gasteiger charge is -2.33. The molecule has 8 nitrogen and oxygen atoms in total. The van der Waals surface area contributed by atoms with E-state index in [2.05, 4.69) is 34.2 Å². The molecular weight excluding hydrogens is 544 g/mol. The van der Waals surface area contributed by atoms with E-state index in [1.54, 1.807) is 7.11 Å². The second-order valence-electron chi connectivity index (χ2n) is 11.4. The van der Waals surface area contributed by atoms with Crippen LogP contribution in [0.1, 0.15) is 37.3 Å². The average molecular weight is 585 g/mol. The van der Waals surface area contributed by atoms with Crippen molar-refractivity contribution in [3.05, 3.63) is 86.2 Å². The molecule has 3 heterocycles. The van der Waals surface area contributed by atoms with E-state index in [0.29, 0.717) is 31.9 Å². The van der Waals surface area contributed by atoms with Crippen LogP contribution in [-0.4, -0.2) is 67.7 Å². The Morgan fingerprint density at radius 3 is 2.53 bits per heavy atom. The number of fused-ring (bicyclic) bond motifs is 2. The fourth-order valence-electron chi connectivity index (χ4n) is 6.29. The van der Waals surface area contributed by atoms with Crippen molar-refractivity contribution >= 4 is 17.7 Å². The van der Waals surface area contributed by atoms with Crippen LogP contribution < -0.4 is 35.1 Å². The minimum absolute atomic E-state index is 0.00118. The Hall–Kier alpha value is -4.01. The van der Waals surface area contributed by atoms with Crippen LogP contribution in [0, 0.1) is 5.92 Å². The molecule has 0 radical (unpaired) electrons. The first-order chi connectivity index (χ1) is 21.0. The van der Waals surface area contributed by atoms with E-state index in [-0.39, 0.29) is 18.1 Å². The number of aliphatic hydroxyl groups is 1. The molecule has 8 heteroatoms. The second-order valence-corrected chi connectivity index (χ2v) is 11.4. The highest BCUT2D eigenvalue weighted by Gasteiger charge is 2.25. The number of nitrogens with zero attached hydrogens (tertiary/aromatic N) is 1. The maximum absolute atomic E-state index is 12.4. The summed E-state index contributed by atoms with van der Waals surface area (Å²) in [5.74, 6) is 3.24. The number of benzene rings is 2. The molecule has 226 valence electrons. The summed E-state index contributed by atoms with van der Waals surface area (Å²) in [7, 11) is 1.63. The van der Waals surface area contributed by atoms with Gasteiger partial charge >= 0.3 is 0 Å². The van der Waals surface area contributed by atoms with Gasteiger partial charge in [-0.1, -0.05) is 30.7 Å². The van der Waals surface area contributed by atoms with Crippen molar-refractivity contribution in [1.29, 1.82) is 0 Å². The number of H-pyrrole nitrogens is 1. The van der Waals surface area contributed by atoms with Crippen LogP contribution in [0.15, 0.2) is 58.9 Å². The van der Waals surface area contributed by atoms with Crippen LogP contribution in [-0.2, 0) is 6.42 Å². The van der Waals surface area contributed by atoms with Gasteiger partial charge in [0.15, 0.2) is 11.5 Å². The number of hydrogen-bond donors (Lipinski definition) is 2. The number of pyridine rings is 1. The van der Waals surface area contributed by atoms with Crippen LogP contribution in [0.5, 0.6) is 23.0 Å². The normalized spacial score (nSPS) is 18.6. The van der Waals surface area contributed by atoms with Gasteiger partial charge < -0.3 is 29.0 Å². The van der Waals surface area contributed by atoms with Gasteiger partial charge in [-0.3, -0.25) is 9.69 Å². The molecule has 2 atom stereocenters. The van der Waals surface area contributed by atoms with E-state index in [4.69, 9.17) is 18.9 Å². The van der Waals surface area contributed by atoms with Crippen LogP contribution in [0.2, 0.25) is 0 Å². The van der Waals surface area contributed by atoms with Crippen LogP contribution >= 0.6 is 0 Å². The Kier molecular flexibility index (Phi) is 8.86. The highest BCUT2D eigenvalue weighted by atomic mass is 16.6. The quantitative estimate of drug-likeness (QED) is 0.399. The van der Waals surface area contributed by atoms with Crippen molar-refractivity contribution in [3.63, 3.8) is 0 Å². The van der Waals surface area contributed by atoms with Gasteiger partial charge in [-0.05, 0) is 84.5 Å². The number of nitrogens with one attached hydrogen (secondary N) is 1. The maximum atomic E-state index is 12.4. The molecule has 1 saturated heterocycles. The molecule has 2 unspecified atom stereocenters. The van der Waals surface area contributed by atoms with Crippen LogP contribution in [0.4, 0.5) is 0 Å². The molecule has 1 fully saturated rings. The van der Waals surface area contributed by atoms with Crippen LogP contribution in [0.25, 0.3) is 17.7 Å². The smallest absolute Gasteiger partial charge is 0.251 e. The number of ether oxygens (including phenoxy) is 4. The summed E-state index contributed by atoms with van der Waals surface area (Å²) >= 11 is 0. The van der Waals surface area contributed by atoms with E-state index >= 15 is 0 Å². The number of aliphatic hydroxyl groups excluding tert-OH is 1. The Morgan fingerprint density at radius 2 is 1.79 bits per heavy atom. The number of methoxy groups -OCH3 is 1. The molecule has 0 bridgehead atoms. The zero-order chi connectivity index (χ0) is 29.8. The number of likely N-dealkylation sites (tertiary alicyclic amines) is 1. The predicted octanol–water partition coefficient (Wildman–Crippen LogP) is 3.29. The van der Waals surface area contributed by atoms with Crippen LogP contribution in [0.3, 0.4) is 0 Å². The number of β-amino-alcohol motifs (C(OH)–C–C–N with tert-alkyl or cyclic N) is 1. The monoisotopic (exact) mass is 584 g/mol. The molecule has 1 aromatic heterocycles. The summed E-state index contributed by atoms with van der Waals surface area (Å²) in [6, 6.07) is 15.7. The first-order valence-corrected chi connectivity index (χ1v) is 15.2. The molecule has 3 aromatic rings. The standard InChI is InChI=1S/C35H40N2O6/c1-3-23-18-27-19-25(4-10-31(27)36-35(23)39)34(26-5-11-32-33(20-26)42-17-16-41-32)24-12-14-37(15-13-24)21-28(38)22-43-30-8-6-29(40-2)7-9-30/h5-11,18-20,25,28,38H,3-4,12-17,21-22H2,1-2H3,(H,36,39). The molecule has 3 aliphatic rings. The fraction of sp³-hybridized carbons (Fsp3) is 0.400. The van der Waals surface area contributed by atoms with E-state index in [9.17, 15) is 9.90 Å². The van der Waals surface area contributed by atoms with E-state index in [1.807, 2.05) is 43.3 Å². The van der Waals surface area contributed by atoms with Gasteiger partial charge in [0, 0.05) is 36.5 Å². The lowest BCUT2D eigenvalue weighted by atomic mass is 9.81. The summed E-state index contributed by atoms with van der Waals surface area (Å²) in [6.07, 6.45) is 7.23. The highest BCUT2D eigenvalue weighted by Crippen LogP contribution is 2.40. The fourth-order valence-corrected chi connectivity index (χ4v) is 6.29.